The van der Waals surface area contributed by atoms with E-state index >= 15 is 0 Å². The van der Waals surface area contributed by atoms with Gasteiger partial charge >= 0.3 is 6.09 Å². The molecule has 0 unspecified atom stereocenters. The first-order chi connectivity index (χ1) is 17.4. The number of likely N-dealkylation sites (tertiary alicyclic amines) is 1. The van der Waals surface area contributed by atoms with Gasteiger partial charge < -0.3 is 19.7 Å². The second-order valence-corrected chi connectivity index (χ2v) is 10.3. The fourth-order valence-electron chi connectivity index (χ4n) is 4.46. The van der Waals surface area contributed by atoms with Gasteiger partial charge in [0.15, 0.2) is 11.4 Å². The molecule has 4 rings (SSSR count). The minimum Gasteiger partial charge on any atom is -0.485 e. The second kappa shape index (κ2) is 11.4. The molecule has 0 spiro atoms. The van der Waals surface area contributed by atoms with Crippen molar-refractivity contribution in [1.82, 2.24) is 19.6 Å². The van der Waals surface area contributed by atoms with E-state index in [1.807, 2.05) is 27.7 Å². The Hall–Kier alpha value is -3.69. The summed E-state index contributed by atoms with van der Waals surface area (Å²) in [6.07, 6.45) is 2.95. The first kappa shape index (κ1) is 28.9. The zero-order valence-corrected chi connectivity index (χ0v) is 21.7. The third kappa shape index (κ3) is 6.23. The summed E-state index contributed by atoms with van der Waals surface area (Å²) in [5.41, 5.74) is 1.14. The largest absolute Gasteiger partial charge is 0.485 e. The highest BCUT2D eigenvalue weighted by Gasteiger charge is 2.32. The number of imidazole rings is 1. The maximum absolute atomic E-state index is 14.1. The summed E-state index contributed by atoms with van der Waals surface area (Å²) in [4.78, 5) is 32.0. The molecule has 1 fully saturated rings. The number of ether oxygens (including phenoxy) is 2. The van der Waals surface area contributed by atoms with Crippen LogP contribution in [-0.4, -0.2) is 51.0 Å². The van der Waals surface area contributed by atoms with Gasteiger partial charge in [0.05, 0.1) is 17.3 Å². The number of amides is 2. The predicted octanol–water partition coefficient (Wildman–Crippen LogP) is 5.57. The summed E-state index contributed by atoms with van der Waals surface area (Å²) in [6, 6.07) is 5.17. The number of aromatic nitrogens is 2. The standard InChI is InChI=1S/C27H32F2N4O4.CH4/c1-16-12-22(36-15-19-20(28)9-6-10-21(19)29)24-31-17(2)23(33(24)14-16)25(34)30-13-18-8-7-11-32(18)26(35)37-27(3,4)5;/h6,9-10,12,14,18H,7-8,11,13,15H2,1-5H3,(H,30,34);1H4/t18-;/m1./s1. The lowest BCUT2D eigenvalue weighted by atomic mass is 10.2. The minimum absolute atomic E-state index is 0. The highest BCUT2D eigenvalue weighted by atomic mass is 19.1. The molecule has 0 bridgehead atoms. The summed E-state index contributed by atoms with van der Waals surface area (Å²) in [6.45, 7) is 9.50. The van der Waals surface area contributed by atoms with Gasteiger partial charge in [-0.15, -0.1) is 0 Å². The molecule has 8 nitrogen and oxygen atoms in total. The molecule has 1 saturated heterocycles. The Labute approximate surface area is 221 Å². The van der Waals surface area contributed by atoms with Crippen LogP contribution in [0.2, 0.25) is 0 Å². The van der Waals surface area contributed by atoms with Gasteiger partial charge in [-0.05, 0) is 71.2 Å². The van der Waals surface area contributed by atoms with Crippen LogP contribution in [0.15, 0.2) is 30.5 Å². The van der Waals surface area contributed by atoms with Gasteiger partial charge in [-0.3, -0.25) is 9.20 Å². The molecule has 38 heavy (non-hydrogen) atoms. The van der Waals surface area contributed by atoms with E-state index in [0.29, 0.717) is 29.3 Å². The molecular formula is C28H36F2N4O4. The van der Waals surface area contributed by atoms with Crippen LogP contribution < -0.4 is 10.1 Å². The van der Waals surface area contributed by atoms with Crippen LogP contribution in [0.3, 0.4) is 0 Å². The molecule has 1 atom stereocenters. The van der Waals surface area contributed by atoms with Gasteiger partial charge in [-0.1, -0.05) is 13.5 Å². The van der Waals surface area contributed by atoms with Gasteiger partial charge in [-0.2, -0.15) is 0 Å². The van der Waals surface area contributed by atoms with Crippen LogP contribution in [0.4, 0.5) is 13.6 Å². The number of nitrogens with one attached hydrogen (secondary N) is 1. The third-order valence-corrected chi connectivity index (χ3v) is 6.15. The summed E-state index contributed by atoms with van der Waals surface area (Å²) < 4.78 is 41.0. The van der Waals surface area contributed by atoms with Crippen LogP contribution >= 0.6 is 0 Å². The Morgan fingerprint density at radius 1 is 1.18 bits per heavy atom. The maximum Gasteiger partial charge on any atom is 0.410 e. The smallest absolute Gasteiger partial charge is 0.410 e. The lowest BCUT2D eigenvalue weighted by Crippen LogP contribution is -2.45. The van der Waals surface area contributed by atoms with E-state index in [9.17, 15) is 18.4 Å². The molecule has 2 aromatic heterocycles. The monoisotopic (exact) mass is 530 g/mol. The van der Waals surface area contributed by atoms with Crippen molar-refractivity contribution in [3.05, 3.63) is 64.6 Å². The van der Waals surface area contributed by atoms with Gasteiger partial charge in [-0.25, -0.2) is 18.6 Å². The van der Waals surface area contributed by atoms with Gasteiger partial charge in [0.25, 0.3) is 5.91 Å². The van der Waals surface area contributed by atoms with E-state index < -0.39 is 17.2 Å². The third-order valence-electron chi connectivity index (χ3n) is 6.15. The Morgan fingerprint density at radius 3 is 2.53 bits per heavy atom. The van der Waals surface area contributed by atoms with Crippen LogP contribution in [-0.2, 0) is 11.3 Å². The molecule has 3 aromatic rings. The van der Waals surface area contributed by atoms with Gasteiger partial charge in [0.2, 0.25) is 0 Å². The molecule has 2 amide bonds. The number of fused-ring (bicyclic) bond motifs is 1. The van der Waals surface area contributed by atoms with Crippen molar-refractivity contribution in [3.8, 4) is 5.75 Å². The molecule has 1 aromatic carbocycles. The fraction of sp³-hybridized carbons (Fsp3) is 0.464. The zero-order chi connectivity index (χ0) is 26.9. The number of nitrogens with zero attached hydrogens (tertiary/aromatic N) is 3. The number of rotatable bonds is 6. The first-order valence-electron chi connectivity index (χ1n) is 12.3. The van der Waals surface area contributed by atoms with Crippen molar-refractivity contribution in [2.45, 2.75) is 73.1 Å². The van der Waals surface area contributed by atoms with Gasteiger partial charge in [0, 0.05) is 19.3 Å². The Kier molecular flexibility index (Phi) is 8.64. The van der Waals surface area contributed by atoms with Crippen LogP contribution in [0.1, 0.15) is 68.3 Å². The van der Waals surface area contributed by atoms with E-state index in [2.05, 4.69) is 10.3 Å². The zero-order valence-electron chi connectivity index (χ0n) is 21.7. The summed E-state index contributed by atoms with van der Waals surface area (Å²) in [7, 11) is 0. The number of halogens is 2. The SMILES string of the molecule is C.Cc1cc(OCc2c(F)cccc2F)c2nc(C)c(C(=O)NC[C@H]3CCCN3C(=O)OC(C)(C)C)n2c1. The molecule has 1 aliphatic heterocycles. The first-order valence-corrected chi connectivity index (χ1v) is 12.3. The number of carbonyl (C=O) groups is 2. The van der Waals surface area contributed by atoms with Crippen molar-refractivity contribution in [2.75, 3.05) is 13.1 Å². The molecule has 1 aliphatic rings. The molecular weight excluding hydrogens is 494 g/mol. The Bertz CT molecular complexity index is 1310. The van der Waals surface area contributed by atoms with E-state index in [-0.39, 0.29) is 44.2 Å². The van der Waals surface area contributed by atoms with Crippen molar-refractivity contribution < 1.29 is 27.8 Å². The number of aryl methyl sites for hydroxylation is 2. The molecule has 206 valence electrons. The molecule has 0 radical (unpaired) electrons. The topological polar surface area (TPSA) is 85.2 Å². The minimum atomic E-state index is -0.699. The summed E-state index contributed by atoms with van der Waals surface area (Å²) >= 11 is 0. The highest BCUT2D eigenvalue weighted by molar-refractivity contribution is 5.95. The normalized spacial score (nSPS) is 15.3. The van der Waals surface area contributed by atoms with E-state index in [1.165, 1.54) is 18.2 Å². The highest BCUT2D eigenvalue weighted by Crippen LogP contribution is 2.26. The summed E-state index contributed by atoms with van der Waals surface area (Å²) in [5, 5.41) is 2.93. The lowest BCUT2D eigenvalue weighted by Gasteiger charge is -2.28. The number of hydrogen-bond donors (Lipinski definition) is 1. The number of benzene rings is 1. The predicted molar refractivity (Wildman–Crippen MR) is 140 cm³/mol. The van der Waals surface area contributed by atoms with Crippen LogP contribution in [0, 0.1) is 25.5 Å². The Balaban J connectivity index is 0.00000400. The van der Waals surface area contributed by atoms with E-state index in [4.69, 9.17) is 9.47 Å². The molecule has 10 heteroatoms. The number of pyridine rings is 1. The second-order valence-electron chi connectivity index (χ2n) is 10.3. The van der Waals surface area contributed by atoms with Crippen molar-refractivity contribution in [1.29, 1.82) is 0 Å². The van der Waals surface area contributed by atoms with Crippen LogP contribution in [0.5, 0.6) is 5.75 Å². The molecule has 1 N–H and O–H groups in total. The molecule has 3 heterocycles. The molecule has 0 aliphatic carbocycles. The maximum atomic E-state index is 14.1. The summed E-state index contributed by atoms with van der Waals surface area (Å²) in [5.74, 6) is -1.44. The average molecular weight is 531 g/mol. The van der Waals surface area contributed by atoms with Crippen molar-refractivity contribution >= 4 is 17.6 Å². The molecule has 0 saturated carbocycles. The van der Waals surface area contributed by atoms with Crippen molar-refractivity contribution in [3.63, 3.8) is 0 Å². The van der Waals surface area contributed by atoms with Gasteiger partial charge in [0.1, 0.15) is 29.5 Å². The fourth-order valence-corrected chi connectivity index (χ4v) is 4.46. The lowest BCUT2D eigenvalue weighted by molar-refractivity contribution is 0.0225. The van der Waals surface area contributed by atoms with E-state index in [0.717, 1.165) is 18.4 Å². The van der Waals surface area contributed by atoms with Crippen molar-refractivity contribution in [2.24, 2.45) is 0 Å². The Morgan fingerprint density at radius 2 is 1.87 bits per heavy atom. The average Bonchev–Trinajstić information content (AvgIpc) is 3.40. The number of hydrogen-bond acceptors (Lipinski definition) is 5. The quantitative estimate of drug-likeness (QED) is 0.450. The number of carbonyl (C=O) groups excluding carboxylic acids is 2. The van der Waals surface area contributed by atoms with E-state index in [1.54, 1.807) is 28.5 Å². The van der Waals surface area contributed by atoms with Crippen LogP contribution in [0.25, 0.3) is 5.65 Å².